The number of hydrogen-bond donors (Lipinski definition) is 1. The maximum Gasteiger partial charge on any atom is 0.412 e. The normalized spacial score (nSPS) is 26.1. The van der Waals surface area contributed by atoms with Gasteiger partial charge in [-0.15, -0.1) is 11.8 Å². The Morgan fingerprint density at radius 1 is 1.40 bits per heavy atom. The highest BCUT2D eigenvalue weighted by Gasteiger charge is 2.42. The van der Waals surface area contributed by atoms with Crippen LogP contribution in [-0.2, 0) is 4.74 Å². The predicted molar refractivity (Wildman–Crippen MR) is 76.3 cm³/mol. The molecule has 2 atom stereocenters. The molecule has 1 N–H and O–H groups in total. The first-order valence-corrected chi connectivity index (χ1v) is 7.57. The molecule has 0 spiro atoms. The summed E-state index contributed by atoms with van der Waals surface area (Å²) in [5.74, 6) is 0. The van der Waals surface area contributed by atoms with Crippen LogP contribution in [0.2, 0.25) is 0 Å². The number of amides is 2. The molecule has 2 heterocycles. The minimum atomic E-state index is -0.993. The highest BCUT2D eigenvalue weighted by Crippen LogP contribution is 2.35. The molecule has 1 unspecified atom stereocenters. The van der Waals surface area contributed by atoms with E-state index in [4.69, 9.17) is 4.74 Å². The molecule has 0 bridgehead atoms. The van der Waals surface area contributed by atoms with E-state index in [0.717, 1.165) is 12.8 Å². The summed E-state index contributed by atoms with van der Waals surface area (Å²) < 4.78 is 5.40. The minimum absolute atomic E-state index is 0.138. The van der Waals surface area contributed by atoms with E-state index in [9.17, 15) is 14.7 Å². The van der Waals surface area contributed by atoms with Gasteiger partial charge in [-0.3, -0.25) is 4.90 Å². The van der Waals surface area contributed by atoms with Gasteiger partial charge in [0.1, 0.15) is 11.0 Å². The molecule has 2 rings (SSSR count). The summed E-state index contributed by atoms with van der Waals surface area (Å²) in [7, 11) is 0. The van der Waals surface area contributed by atoms with Crippen molar-refractivity contribution in [1.29, 1.82) is 0 Å². The first-order chi connectivity index (χ1) is 9.29. The largest absolute Gasteiger partial charge is 0.465 e. The molecule has 0 aromatic heterocycles. The number of carbonyl (C=O) groups is 2. The zero-order valence-corrected chi connectivity index (χ0v) is 12.7. The van der Waals surface area contributed by atoms with Crippen molar-refractivity contribution >= 4 is 23.9 Å². The molecule has 0 aromatic carbocycles. The maximum atomic E-state index is 12.2. The van der Waals surface area contributed by atoms with Gasteiger partial charge >= 0.3 is 12.2 Å². The topological polar surface area (TPSA) is 70.1 Å². The number of hydrogen-bond acceptors (Lipinski definition) is 4. The molecular formula is C13H20N2O4S. The fraction of sp³-hybridized carbons (Fsp3) is 0.692. The summed E-state index contributed by atoms with van der Waals surface area (Å²) in [4.78, 5) is 26.3. The molecule has 20 heavy (non-hydrogen) atoms. The lowest BCUT2D eigenvalue weighted by Gasteiger charge is -2.33. The van der Waals surface area contributed by atoms with Crippen LogP contribution in [0.25, 0.3) is 0 Å². The number of rotatable bonds is 1. The average Bonchev–Trinajstić information content (AvgIpc) is 2.95. The Balaban J connectivity index is 2.08. The van der Waals surface area contributed by atoms with Gasteiger partial charge in [0, 0.05) is 12.7 Å². The molecule has 1 fully saturated rings. The van der Waals surface area contributed by atoms with Gasteiger partial charge in [0.2, 0.25) is 0 Å². The van der Waals surface area contributed by atoms with E-state index in [1.54, 1.807) is 16.5 Å². The SMILES string of the molecule is CC(C)(C)OC(=O)N1CCC[C@H]1C1SC=CN1C(=O)O. The van der Waals surface area contributed by atoms with Crippen LogP contribution >= 0.6 is 11.8 Å². The first kappa shape index (κ1) is 15.0. The van der Waals surface area contributed by atoms with Crippen LogP contribution in [0.5, 0.6) is 0 Å². The van der Waals surface area contributed by atoms with Crippen LogP contribution in [0.1, 0.15) is 33.6 Å². The van der Waals surface area contributed by atoms with Crippen LogP contribution in [-0.4, -0.2) is 50.7 Å². The zero-order valence-electron chi connectivity index (χ0n) is 11.9. The highest BCUT2D eigenvalue weighted by molar-refractivity contribution is 8.03. The molecule has 0 aromatic rings. The van der Waals surface area contributed by atoms with E-state index in [1.165, 1.54) is 16.7 Å². The number of ether oxygens (including phenoxy) is 1. The molecule has 6 nitrogen and oxygen atoms in total. The molecule has 0 saturated carbocycles. The minimum Gasteiger partial charge on any atom is -0.465 e. The van der Waals surface area contributed by atoms with Crippen LogP contribution < -0.4 is 0 Å². The van der Waals surface area contributed by atoms with Gasteiger partial charge in [0.15, 0.2) is 0 Å². The van der Waals surface area contributed by atoms with Crippen molar-refractivity contribution in [2.75, 3.05) is 6.54 Å². The summed E-state index contributed by atoms with van der Waals surface area (Å²) in [6.07, 6.45) is 1.85. The van der Waals surface area contributed by atoms with Crippen molar-refractivity contribution in [3.05, 3.63) is 11.6 Å². The van der Waals surface area contributed by atoms with Gasteiger partial charge in [0.05, 0.1) is 6.04 Å². The van der Waals surface area contributed by atoms with Crippen molar-refractivity contribution in [3.8, 4) is 0 Å². The summed E-state index contributed by atoms with van der Waals surface area (Å²) in [5, 5.41) is 10.7. The standard InChI is InChI=1S/C13H20N2O4S/c1-13(2,3)19-12(18)14-6-4-5-9(14)10-15(11(16)17)7-8-20-10/h7-10H,4-6H2,1-3H3,(H,16,17)/t9-,10?/m0/s1. The van der Waals surface area contributed by atoms with E-state index in [2.05, 4.69) is 0 Å². The van der Waals surface area contributed by atoms with Crippen LogP contribution in [0.15, 0.2) is 11.6 Å². The Bertz CT molecular complexity index is 433. The lowest BCUT2D eigenvalue weighted by Crippen LogP contribution is -2.49. The third kappa shape index (κ3) is 3.20. The van der Waals surface area contributed by atoms with E-state index in [1.807, 2.05) is 20.8 Å². The third-order valence-electron chi connectivity index (χ3n) is 3.19. The Hall–Kier alpha value is -1.37. The number of nitrogens with zero attached hydrogens (tertiary/aromatic N) is 2. The van der Waals surface area contributed by atoms with Gasteiger partial charge in [-0.1, -0.05) is 0 Å². The van der Waals surface area contributed by atoms with Gasteiger partial charge in [0.25, 0.3) is 0 Å². The molecule has 1 saturated heterocycles. The van der Waals surface area contributed by atoms with Crippen molar-refractivity contribution in [2.45, 2.75) is 50.6 Å². The van der Waals surface area contributed by atoms with Gasteiger partial charge < -0.3 is 14.7 Å². The smallest absolute Gasteiger partial charge is 0.412 e. The summed E-state index contributed by atoms with van der Waals surface area (Å²) in [6.45, 7) is 6.09. The van der Waals surface area contributed by atoms with E-state index in [0.29, 0.717) is 6.54 Å². The van der Waals surface area contributed by atoms with Crippen LogP contribution in [0, 0.1) is 0 Å². The van der Waals surface area contributed by atoms with Crippen molar-refractivity contribution in [3.63, 3.8) is 0 Å². The maximum absolute atomic E-state index is 12.2. The molecular weight excluding hydrogens is 280 g/mol. The van der Waals surface area contributed by atoms with E-state index < -0.39 is 11.7 Å². The Morgan fingerprint density at radius 3 is 2.70 bits per heavy atom. The second kappa shape index (κ2) is 5.55. The van der Waals surface area contributed by atoms with Crippen molar-refractivity contribution in [2.24, 2.45) is 0 Å². The second-order valence-corrected chi connectivity index (χ2v) is 6.91. The Labute approximate surface area is 122 Å². The fourth-order valence-electron chi connectivity index (χ4n) is 2.42. The summed E-state index contributed by atoms with van der Waals surface area (Å²) >= 11 is 1.43. The lowest BCUT2D eigenvalue weighted by atomic mass is 10.2. The van der Waals surface area contributed by atoms with Crippen molar-refractivity contribution in [1.82, 2.24) is 9.80 Å². The highest BCUT2D eigenvalue weighted by atomic mass is 32.2. The molecule has 0 radical (unpaired) electrons. The zero-order chi connectivity index (χ0) is 14.9. The first-order valence-electron chi connectivity index (χ1n) is 6.62. The van der Waals surface area contributed by atoms with Gasteiger partial charge in [-0.2, -0.15) is 0 Å². The van der Waals surface area contributed by atoms with Gasteiger partial charge in [-0.25, -0.2) is 9.59 Å². The van der Waals surface area contributed by atoms with E-state index in [-0.39, 0.29) is 17.5 Å². The molecule has 2 aliphatic heterocycles. The summed E-state index contributed by atoms with van der Waals surface area (Å²) in [6, 6.07) is -0.138. The lowest BCUT2D eigenvalue weighted by molar-refractivity contribution is 0.0196. The van der Waals surface area contributed by atoms with Gasteiger partial charge in [-0.05, 0) is 39.0 Å². The Morgan fingerprint density at radius 2 is 2.10 bits per heavy atom. The van der Waals surface area contributed by atoms with E-state index >= 15 is 0 Å². The van der Waals surface area contributed by atoms with Crippen LogP contribution in [0.3, 0.4) is 0 Å². The second-order valence-electron chi connectivity index (χ2n) is 5.88. The number of thioether (sulfide) groups is 1. The Kier molecular flexibility index (Phi) is 4.17. The molecule has 0 aliphatic carbocycles. The number of carboxylic acid groups (broad SMARTS) is 1. The number of likely N-dealkylation sites (tertiary alicyclic amines) is 1. The molecule has 2 amide bonds. The predicted octanol–water partition coefficient (Wildman–Crippen LogP) is 2.91. The molecule has 2 aliphatic rings. The third-order valence-corrected chi connectivity index (χ3v) is 4.29. The quantitative estimate of drug-likeness (QED) is 0.806. The number of carbonyl (C=O) groups excluding carboxylic acids is 1. The molecule has 112 valence electrons. The summed E-state index contributed by atoms with van der Waals surface area (Å²) in [5.41, 5.74) is -0.544. The average molecular weight is 300 g/mol. The molecule has 7 heteroatoms. The van der Waals surface area contributed by atoms with Crippen molar-refractivity contribution < 1.29 is 19.4 Å². The fourth-order valence-corrected chi connectivity index (χ4v) is 3.53. The van der Waals surface area contributed by atoms with Crippen LogP contribution in [0.4, 0.5) is 9.59 Å². The monoisotopic (exact) mass is 300 g/mol.